The molecule has 0 aromatic carbocycles. The predicted octanol–water partition coefficient (Wildman–Crippen LogP) is 1.07. The average Bonchev–Trinajstić information content (AvgIpc) is 3.26. The fraction of sp³-hybridized carbons (Fsp3) is 0.750. The third-order valence-corrected chi connectivity index (χ3v) is 7.04. The molecule has 1 saturated heterocycles. The molecule has 8 nitrogen and oxygen atoms in total. The number of hydrogen-bond donors (Lipinski definition) is 2. The van der Waals surface area contributed by atoms with Crippen molar-refractivity contribution in [3.8, 4) is 0 Å². The number of H-pyrrole nitrogens is 1. The summed E-state index contributed by atoms with van der Waals surface area (Å²) in [6.07, 6.45) is 6.06. The molecule has 0 radical (unpaired) electrons. The van der Waals surface area contributed by atoms with Gasteiger partial charge in [0.1, 0.15) is 5.69 Å². The number of amides is 1. The zero-order chi connectivity index (χ0) is 18.0. The van der Waals surface area contributed by atoms with Crippen LogP contribution >= 0.6 is 0 Å². The summed E-state index contributed by atoms with van der Waals surface area (Å²) in [5.41, 5.74) is 1.21. The van der Waals surface area contributed by atoms with Gasteiger partial charge in [0.15, 0.2) is 0 Å². The van der Waals surface area contributed by atoms with Gasteiger partial charge in [-0.2, -0.15) is 22.1 Å². The van der Waals surface area contributed by atoms with Gasteiger partial charge >= 0.3 is 0 Å². The van der Waals surface area contributed by atoms with E-state index in [2.05, 4.69) is 15.5 Å². The van der Waals surface area contributed by atoms with Gasteiger partial charge in [-0.3, -0.25) is 9.89 Å². The van der Waals surface area contributed by atoms with E-state index in [1.165, 1.54) is 8.61 Å². The molecular formula is C16H27N5O3S. The van der Waals surface area contributed by atoms with Gasteiger partial charge in [0.2, 0.25) is 0 Å². The Morgan fingerprint density at radius 3 is 2.68 bits per heavy atom. The summed E-state index contributed by atoms with van der Waals surface area (Å²) in [7, 11) is -0.329. The number of nitrogens with zero attached hydrogens (tertiary/aromatic N) is 3. The van der Waals surface area contributed by atoms with Gasteiger partial charge in [0.05, 0.1) is 0 Å². The topological polar surface area (TPSA) is 98.4 Å². The van der Waals surface area contributed by atoms with Crippen LogP contribution in [0.5, 0.6) is 0 Å². The van der Waals surface area contributed by atoms with Crippen molar-refractivity contribution in [2.75, 3.05) is 27.2 Å². The van der Waals surface area contributed by atoms with Gasteiger partial charge in [-0.1, -0.05) is 12.8 Å². The molecule has 1 aromatic rings. The second-order valence-corrected chi connectivity index (χ2v) is 9.29. The molecule has 25 heavy (non-hydrogen) atoms. The second kappa shape index (κ2) is 7.43. The summed E-state index contributed by atoms with van der Waals surface area (Å²) < 4.78 is 27.4. The Balaban J connectivity index is 1.66. The van der Waals surface area contributed by atoms with E-state index in [1.54, 1.807) is 20.2 Å². The maximum absolute atomic E-state index is 12.3. The molecule has 0 bridgehead atoms. The Bertz CT molecular complexity index is 709. The van der Waals surface area contributed by atoms with Crippen LogP contribution < -0.4 is 5.32 Å². The number of hydrogen-bond acceptors (Lipinski definition) is 4. The van der Waals surface area contributed by atoms with Crippen LogP contribution in [0.15, 0.2) is 6.07 Å². The number of aromatic amines is 1. The molecule has 1 aliphatic heterocycles. The van der Waals surface area contributed by atoms with Crippen molar-refractivity contribution in [1.29, 1.82) is 0 Å². The molecule has 2 fully saturated rings. The van der Waals surface area contributed by atoms with Gasteiger partial charge in [-0.15, -0.1) is 0 Å². The molecule has 9 heteroatoms. The summed E-state index contributed by atoms with van der Waals surface area (Å²) in [5.74, 6) is -0.119. The molecule has 2 N–H and O–H groups in total. The van der Waals surface area contributed by atoms with Crippen LogP contribution in [0.4, 0.5) is 0 Å². The first-order valence-corrected chi connectivity index (χ1v) is 10.3. The van der Waals surface area contributed by atoms with E-state index in [1.807, 2.05) is 0 Å². The zero-order valence-electron chi connectivity index (χ0n) is 14.9. The molecule has 2 heterocycles. The summed E-state index contributed by atoms with van der Waals surface area (Å²) in [6, 6.07) is 2.02. The van der Waals surface area contributed by atoms with Crippen LogP contribution in [0.1, 0.15) is 60.6 Å². The summed E-state index contributed by atoms with van der Waals surface area (Å²) in [5, 5.41) is 10.1. The summed E-state index contributed by atoms with van der Waals surface area (Å²) in [6.45, 7) is 0.937. The number of piperidine rings is 1. The number of carbonyl (C=O) groups excluding carboxylic acids is 1. The van der Waals surface area contributed by atoms with Crippen molar-refractivity contribution >= 4 is 16.1 Å². The predicted molar refractivity (Wildman–Crippen MR) is 94.5 cm³/mol. The number of nitrogens with one attached hydrogen (secondary N) is 2. The van der Waals surface area contributed by atoms with Crippen molar-refractivity contribution in [2.45, 2.75) is 50.5 Å². The first-order chi connectivity index (χ1) is 11.9. The molecule has 0 spiro atoms. The monoisotopic (exact) mass is 369 g/mol. The van der Waals surface area contributed by atoms with E-state index in [4.69, 9.17) is 0 Å². The standard InChI is InChI=1S/C16H27N5O3S/c1-20(2)25(23,24)21-9-5-6-12(11-21)14-10-15(19-18-14)16(22)17-13-7-3-4-8-13/h10,12-13H,3-9,11H2,1-2H3,(H,17,22)(H,18,19). The normalized spacial score (nSPS) is 23.2. The lowest BCUT2D eigenvalue weighted by Gasteiger charge is -2.32. The van der Waals surface area contributed by atoms with E-state index in [0.29, 0.717) is 18.8 Å². The molecule has 1 atom stereocenters. The van der Waals surface area contributed by atoms with Gasteiger partial charge < -0.3 is 5.32 Å². The molecule has 1 aromatic heterocycles. The van der Waals surface area contributed by atoms with Crippen LogP contribution in [0, 0.1) is 0 Å². The lowest BCUT2D eigenvalue weighted by molar-refractivity contribution is 0.0932. The zero-order valence-corrected chi connectivity index (χ0v) is 15.7. The first-order valence-electron chi connectivity index (χ1n) is 8.91. The van der Waals surface area contributed by atoms with Crippen molar-refractivity contribution in [2.24, 2.45) is 0 Å². The lowest BCUT2D eigenvalue weighted by atomic mass is 9.96. The van der Waals surface area contributed by atoms with Crippen LogP contribution in [0.25, 0.3) is 0 Å². The highest BCUT2D eigenvalue weighted by molar-refractivity contribution is 7.86. The van der Waals surface area contributed by atoms with Crippen molar-refractivity contribution in [3.05, 3.63) is 17.5 Å². The molecule has 1 unspecified atom stereocenters. The van der Waals surface area contributed by atoms with E-state index in [-0.39, 0.29) is 17.9 Å². The van der Waals surface area contributed by atoms with Crippen molar-refractivity contribution < 1.29 is 13.2 Å². The molecular weight excluding hydrogens is 342 g/mol. The Hall–Kier alpha value is -1.45. The van der Waals surface area contributed by atoms with E-state index in [0.717, 1.165) is 44.2 Å². The van der Waals surface area contributed by atoms with E-state index >= 15 is 0 Å². The Labute approximate surface area is 149 Å². The van der Waals surface area contributed by atoms with Crippen molar-refractivity contribution in [3.63, 3.8) is 0 Å². The van der Waals surface area contributed by atoms with E-state index in [9.17, 15) is 13.2 Å². The largest absolute Gasteiger partial charge is 0.348 e. The summed E-state index contributed by atoms with van der Waals surface area (Å²) in [4.78, 5) is 12.3. The Morgan fingerprint density at radius 2 is 2.00 bits per heavy atom. The van der Waals surface area contributed by atoms with Gasteiger partial charge in [-0.25, -0.2) is 0 Å². The maximum Gasteiger partial charge on any atom is 0.281 e. The second-order valence-electron chi connectivity index (χ2n) is 7.15. The minimum atomic E-state index is -3.41. The number of aromatic nitrogens is 2. The first kappa shape index (κ1) is 18.3. The fourth-order valence-electron chi connectivity index (χ4n) is 3.63. The molecule has 140 valence electrons. The summed E-state index contributed by atoms with van der Waals surface area (Å²) >= 11 is 0. The smallest absolute Gasteiger partial charge is 0.281 e. The average molecular weight is 369 g/mol. The highest BCUT2D eigenvalue weighted by Gasteiger charge is 2.32. The third kappa shape index (κ3) is 4.04. The number of rotatable bonds is 5. The maximum atomic E-state index is 12.3. The highest BCUT2D eigenvalue weighted by atomic mass is 32.2. The quantitative estimate of drug-likeness (QED) is 0.811. The highest BCUT2D eigenvalue weighted by Crippen LogP contribution is 2.28. The van der Waals surface area contributed by atoms with Gasteiger partial charge in [0.25, 0.3) is 16.1 Å². The van der Waals surface area contributed by atoms with Crippen LogP contribution in [-0.4, -0.2) is 66.4 Å². The number of carbonyl (C=O) groups is 1. The molecule has 1 aliphatic carbocycles. The minimum absolute atomic E-state index is 0.0315. The molecule has 2 aliphatic rings. The Kier molecular flexibility index (Phi) is 5.45. The fourth-order valence-corrected chi connectivity index (χ4v) is 4.82. The Morgan fingerprint density at radius 1 is 1.28 bits per heavy atom. The minimum Gasteiger partial charge on any atom is -0.348 e. The molecule has 3 rings (SSSR count). The van der Waals surface area contributed by atoms with Crippen molar-refractivity contribution in [1.82, 2.24) is 24.1 Å². The van der Waals surface area contributed by atoms with Crippen LogP contribution in [-0.2, 0) is 10.2 Å². The van der Waals surface area contributed by atoms with E-state index < -0.39 is 10.2 Å². The molecule has 1 saturated carbocycles. The third-order valence-electron chi connectivity index (χ3n) is 5.13. The van der Waals surface area contributed by atoms with Gasteiger partial charge in [-0.05, 0) is 31.7 Å². The van der Waals surface area contributed by atoms with Crippen LogP contribution in [0.3, 0.4) is 0 Å². The molecule has 1 amide bonds. The van der Waals surface area contributed by atoms with Gasteiger partial charge in [0, 0.05) is 44.8 Å². The lowest BCUT2D eigenvalue weighted by Crippen LogP contribution is -2.44. The SMILES string of the molecule is CN(C)S(=O)(=O)N1CCCC(c2cc(C(=O)NC3CCCC3)n[nH]2)C1. The van der Waals surface area contributed by atoms with Crippen LogP contribution in [0.2, 0.25) is 0 Å².